The van der Waals surface area contributed by atoms with Gasteiger partial charge in [0, 0.05) is 11.5 Å². The van der Waals surface area contributed by atoms with E-state index in [9.17, 15) is 4.79 Å². The number of nitrogens with one attached hydrogen (secondary N) is 1. The highest BCUT2D eigenvalue weighted by molar-refractivity contribution is 5.84. The summed E-state index contributed by atoms with van der Waals surface area (Å²) in [7, 11) is 0. The molecule has 1 N–H and O–H groups in total. The minimum absolute atomic E-state index is 0.0589. The minimum Gasteiger partial charge on any atom is -0.352 e. The van der Waals surface area contributed by atoms with Crippen LogP contribution in [0.2, 0.25) is 0 Å². The number of hydrogen-bond acceptors (Lipinski definition) is 1. The van der Waals surface area contributed by atoms with Gasteiger partial charge < -0.3 is 5.32 Å². The third kappa shape index (κ3) is 1.41. The van der Waals surface area contributed by atoms with Crippen molar-refractivity contribution in [3.8, 4) is 0 Å². The number of fused-ring (bicyclic) bond motifs is 2. The molecule has 0 aromatic heterocycles. The predicted octanol–water partition coefficient (Wildman–Crippen LogP) is 2.48. The quantitative estimate of drug-likeness (QED) is 0.740. The Kier molecular flexibility index (Phi) is 1.79. The second kappa shape index (κ2) is 2.78. The van der Waals surface area contributed by atoms with E-state index in [4.69, 9.17) is 0 Å². The Hall–Kier alpha value is -0.530. The van der Waals surface area contributed by atoms with Gasteiger partial charge in [-0.15, -0.1) is 0 Å². The van der Waals surface area contributed by atoms with Crippen molar-refractivity contribution in [2.24, 2.45) is 16.7 Å². The maximum absolute atomic E-state index is 12.3. The van der Waals surface area contributed by atoms with Crippen molar-refractivity contribution in [1.29, 1.82) is 0 Å². The van der Waals surface area contributed by atoms with Crippen molar-refractivity contribution in [1.82, 2.24) is 5.32 Å². The van der Waals surface area contributed by atoms with Gasteiger partial charge in [0.05, 0.1) is 0 Å². The smallest absolute Gasteiger partial charge is 0.226 e. The fraction of sp³-hybridized carbons (Fsp3) is 0.923. The monoisotopic (exact) mass is 207 g/mol. The lowest BCUT2D eigenvalue weighted by Gasteiger charge is -2.25. The molecule has 0 heterocycles. The van der Waals surface area contributed by atoms with Crippen LogP contribution in [0.25, 0.3) is 0 Å². The van der Waals surface area contributed by atoms with Crippen LogP contribution in [0.1, 0.15) is 52.4 Å². The van der Waals surface area contributed by atoms with Gasteiger partial charge in [0.1, 0.15) is 0 Å². The van der Waals surface area contributed by atoms with Crippen molar-refractivity contribution in [2.75, 3.05) is 0 Å². The zero-order chi connectivity index (χ0) is 10.7. The van der Waals surface area contributed by atoms with Crippen LogP contribution >= 0.6 is 0 Å². The average Bonchev–Trinajstić information content (AvgIpc) is 2.61. The van der Waals surface area contributed by atoms with Crippen LogP contribution in [0.3, 0.4) is 0 Å². The molecule has 1 atom stereocenters. The van der Waals surface area contributed by atoms with Crippen LogP contribution in [0.4, 0.5) is 0 Å². The zero-order valence-electron chi connectivity index (χ0n) is 9.81. The first-order chi connectivity index (χ1) is 7.02. The van der Waals surface area contributed by atoms with Gasteiger partial charge in [-0.2, -0.15) is 0 Å². The maximum atomic E-state index is 12.3. The van der Waals surface area contributed by atoms with Gasteiger partial charge in [-0.1, -0.05) is 13.8 Å². The molecule has 2 nitrogen and oxygen atoms in total. The standard InChI is InChI=1S/C13H21NO/c1-12(2)8-10(12)14-11(15)13-5-3-9(7-13)4-6-13/h9-10H,3-8H2,1-2H3,(H,14,15). The normalized spacial score (nSPS) is 45.5. The number of carbonyl (C=O) groups excluding carboxylic acids is 1. The molecule has 0 spiro atoms. The summed E-state index contributed by atoms with van der Waals surface area (Å²) in [5.74, 6) is 1.24. The molecule has 3 fully saturated rings. The molecule has 0 aromatic rings. The summed E-state index contributed by atoms with van der Waals surface area (Å²) in [6, 6.07) is 0.457. The van der Waals surface area contributed by atoms with E-state index in [1.165, 1.54) is 19.3 Å². The van der Waals surface area contributed by atoms with Crippen molar-refractivity contribution in [3.05, 3.63) is 0 Å². The molecule has 0 aromatic carbocycles. The van der Waals surface area contributed by atoms with Gasteiger partial charge in [0.25, 0.3) is 0 Å². The second-order valence-corrected chi connectivity index (χ2v) is 6.65. The molecule has 3 aliphatic carbocycles. The summed E-state index contributed by atoms with van der Waals surface area (Å²) < 4.78 is 0. The van der Waals surface area contributed by atoms with Gasteiger partial charge in [-0.3, -0.25) is 4.79 Å². The number of rotatable bonds is 2. The fourth-order valence-electron chi connectivity index (χ4n) is 3.54. The van der Waals surface area contributed by atoms with Gasteiger partial charge in [0.15, 0.2) is 0 Å². The van der Waals surface area contributed by atoms with E-state index in [-0.39, 0.29) is 5.41 Å². The van der Waals surface area contributed by atoms with E-state index in [2.05, 4.69) is 19.2 Å². The predicted molar refractivity (Wildman–Crippen MR) is 59.3 cm³/mol. The summed E-state index contributed by atoms with van der Waals surface area (Å²) >= 11 is 0. The molecule has 1 amide bonds. The van der Waals surface area contributed by atoms with Crippen molar-refractivity contribution >= 4 is 5.91 Å². The highest BCUT2D eigenvalue weighted by atomic mass is 16.2. The summed E-state index contributed by atoms with van der Waals surface area (Å²) in [5.41, 5.74) is 0.423. The lowest BCUT2D eigenvalue weighted by molar-refractivity contribution is -0.130. The Morgan fingerprint density at radius 3 is 2.20 bits per heavy atom. The van der Waals surface area contributed by atoms with Crippen LogP contribution < -0.4 is 5.32 Å². The number of carbonyl (C=O) groups is 1. The van der Waals surface area contributed by atoms with Crippen molar-refractivity contribution in [3.63, 3.8) is 0 Å². The Morgan fingerprint density at radius 1 is 1.20 bits per heavy atom. The Balaban J connectivity index is 1.65. The van der Waals surface area contributed by atoms with Crippen LogP contribution in [-0.2, 0) is 4.79 Å². The average molecular weight is 207 g/mol. The summed E-state index contributed by atoms with van der Waals surface area (Å²) in [6.45, 7) is 4.48. The summed E-state index contributed by atoms with van der Waals surface area (Å²) in [4.78, 5) is 12.3. The zero-order valence-corrected chi connectivity index (χ0v) is 9.81. The van der Waals surface area contributed by atoms with Gasteiger partial charge in [-0.25, -0.2) is 0 Å². The molecule has 2 bridgehead atoms. The molecule has 15 heavy (non-hydrogen) atoms. The lowest BCUT2D eigenvalue weighted by Crippen LogP contribution is -2.40. The van der Waals surface area contributed by atoms with E-state index in [1.807, 2.05) is 0 Å². The third-order valence-electron chi connectivity index (χ3n) is 5.04. The van der Waals surface area contributed by atoms with Crippen molar-refractivity contribution < 1.29 is 4.79 Å². The molecule has 3 aliphatic rings. The van der Waals surface area contributed by atoms with E-state index in [0.717, 1.165) is 25.2 Å². The van der Waals surface area contributed by atoms with Gasteiger partial charge >= 0.3 is 0 Å². The van der Waals surface area contributed by atoms with Crippen LogP contribution in [0, 0.1) is 16.7 Å². The Labute approximate surface area is 91.8 Å². The molecular formula is C13H21NO. The maximum Gasteiger partial charge on any atom is 0.226 e. The molecule has 3 saturated carbocycles. The van der Waals surface area contributed by atoms with Gasteiger partial charge in [0.2, 0.25) is 5.91 Å². The van der Waals surface area contributed by atoms with Crippen LogP contribution in [-0.4, -0.2) is 11.9 Å². The molecule has 0 saturated heterocycles. The SMILES string of the molecule is CC1(C)CC1NC(=O)C12CCC(CC1)C2. The van der Waals surface area contributed by atoms with Crippen LogP contribution in [0.5, 0.6) is 0 Å². The van der Waals surface area contributed by atoms with Crippen molar-refractivity contribution in [2.45, 2.75) is 58.4 Å². The first-order valence-electron chi connectivity index (χ1n) is 6.33. The molecule has 0 radical (unpaired) electrons. The molecule has 84 valence electrons. The molecular weight excluding hydrogens is 186 g/mol. The third-order valence-corrected chi connectivity index (χ3v) is 5.04. The Morgan fingerprint density at radius 2 is 1.80 bits per heavy atom. The number of amides is 1. The van der Waals surface area contributed by atoms with E-state index >= 15 is 0 Å². The van der Waals surface area contributed by atoms with E-state index in [1.54, 1.807) is 0 Å². The first-order valence-corrected chi connectivity index (χ1v) is 6.33. The van der Waals surface area contributed by atoms with E-state index in [0.29, 0.717) is 17.4 Å². The largest absolute Gasteiger partial charge is 0.352 e. The molecule has 3 rings (SSSR count). The number of hydrogen-bond donors (Lipinski definition) is 1. The summed E-state index contributed by atoms with van der Waals surface area (Å²) in [5, 5.41) is 3.27. The minimum atomic E-state index is 0.0589. The molecule has 1 unspecified atom stereocenters. The molecule has 0 aliphatic heterocycles. The molecule has 2 heteroatoms. The fourth-order valence-corrected chi connectivity index (χ4v) is 3.54. The lowest BCUT2D eigenvalue weighted by atomic mass is 9.83. The van der Waals surface area contributed by atoms with Gasteiger partial charge in [-0.05, 0) is 49.9 Å². The first kappa shape index (κ1) is 9.68. The summed E-state index contributed by atoms with van der Waals surface area (Å²) in [6.07, 6.45) is 7.22. The van der Waals surface area contributed by atoms with E-state index < -0.39 is 0 Å². The Bertz CT molecular complexity index is 300. The second-order valence-electron chi connectivity index (χ2n) is 6.65. The van der Waals surface area contributed by atoms with Crippen LogP contribution in [0.15, 0.2) is 0 Å². The topological polar surface area (TPSA) is 29.1 Å². The highest BCUT2D eigenvalue weighted by Gasteiger charge is 2.53. The highest BCUT2D eigenvalue weighted by Crippen LogP contribution is 2.55.